The molecule has 0 radical (unpaired) electrons. The Morgan fingerprint density at radius 2 is 1.95 bits per heavy atom. The molecule has 1 atom stereocenters. The zero-order chi connectivity index (χ0) is 13.5. The molecule has 2 aliphatic rings. The lowest BCUT2D eigenvalue weighted by atomic mass is 9.71. The summed E-state index contributed by atoms with van der Waals surface area (Å²) in [5.74, 6) is 0. The van der Waals surface area contributed by atoms with E-state index >= 15 is 0 Å². The molecule has 0 aliphatic carbocycles. The van der Waals surface area contributed by atoms with Gasteiger partial charge in [0, 0.05) is 23.0 Å². The molecule has 0 saturated carbocycles. The Hall–Kier alpha value is -0.380. The van der Waals surface area contributed by atoms with Crippen molar-refractivity contribution in [2.24, 2.45) is 0 Å². The van der Waals surface area contributed by atoms with Crippen LogP contribution in [0.15, 0.2) is 28.7 Å². The average molecular weight is 324 g/mol. The topological polar surface area (TPSA) is 21.3 Å². The summed E-state index contributed by atoms with van der Waals surface area (Å²) in [5.41, 5.74) is 1.80. The van der Waals surface area contributed by atoms with Gasteiger partial charge in [0.1, 0.15) is 0 Å². The second-order valence-corrected chi connectivity index (χ2v) is 7.55. The maximum atomic E-state index is 6.19. The molecule has 0 bridgehead atoms. The predicted octanol–water partition coefficient (Wildman–Crippen LogP) is 3.64. The van der Waals surface area contributed by atoms with Crippen LogP contribution in [0.25, 0.3) is 0 Å². The van der Waals surface area contributed by atoms with Crippen molar-refractivity contribution in [1.29, 1.82) is 0 Å². The van der Waals surface area contributed by atoms with Crippen LogP contribution in [-0.4, -0.2) is 24.8 Å². The summed E-state index contributed by atoms with van der Waals surface area (Å²) in [7, 11) is 0. The third kappa shape index (κ3) is 2.74. The van der Waals surface area contributed by atoms with Crippen molar-refractivity contribution in [2.75, 3.05) is 13.1 Å². The fourth-order valence-corrected chi connectivity index (χ4v) is 3.62. The smallest absolute Gasteiger partial charge is 0.0631 e. The van der Waals surface area contributed by atoms with E-state index in [9.17, 15) is 0 Å². The highest BCUT2D eigenvalue weighted by Crippen LogP contribution is 2.40. The molecular weight excluding hydrogens is 302 g/mol. The van der Waals surface area contributed by atoms with E-state index in [1.165, 1.54) is 18.4 Å². The fourth-order valence-electron chi connectivity index (χ4n) is 3.35. The Balaban J connectivity index is 1.75. The standard InChI is InChI=1S/C16H22BrNO/c1-15(2)8-7-14(19-15)9-16(10-18-11-16)12-3-5-13(17)6-4-12/h3-6,14,18H,7-11H2,1-2H3. The Morgan fingerprint density at radius 3 is 2.42 bits per heavy atom. The van der Waals surface area contributed by atoms with Gasteiger partial charge in [-0.2, -0.15) is 0 Å². The molecule has 3 heteroatoms. The molecule has 1 aromatic carbocycles. The molecule has 0 aromatic heterocycles. The molecule has 1 aromatic rings. The number of ether oxygens (including phenoxy) is 1. The highest BCUT2D eigenvalue weighted by Gasteiger charge is 2.43. The lowest BCUT2D eigenvalue weighted by Crippen LogP contribution is -2.58. The first-order chi connectivity index (χ1) is 8.99. The predicted molar refractivity (Wildman–Crippen MR) is 81.5 cm³/mol. The summed E-state index contributed by atoms with van der Waals surface area (Å²) >= 11 is 3.51. The van der Waals surface area contributed by atoms with Crippen molar-refractivity contribution in [3.63, 3.8) is 0 Å². The minimum Gasteiger partial charge on any atom is -0.372 e. The first kappa shape index (κ1) is 13.6. The molecular formula is C16H22BrNO. The van der Waals surface area contributed by atoms with Gasteiger partial charge in [-0.15, -0.1) is 0 Å². The van der Waals surface area contributed by atoms with Gasteiger partial charge >= 0.3 is 0 Å². The summed E-state index contributed by atoms with van der Waals surface area (Å²) in [6.45, 7) is 6.57. The summed E-state index contributed by atoms with van der Waals surface area (Å²) in [6, 6.07) is 8.81. The van der Waals surface area contributed by atoms with E-state index < -0.39 is 0 Å². The Kier molecular flexibility index (Phi) is 3.48. The summed E-state index contributed by atoms with van der Waals surface area (Å²) < 4.78 is 7.34. The first-order valence-corrected chi connectivity index (χ1v) is 7.93. The van der Waals surface area contributed by atoms with Gasteiger partial charge in [0.25, 0.3) is 0 Å². The third-order valence-electron chi connectivity index (χ3n) is 4.56. The van der Waals surface area contributed by atoms with E-state index in [1.54, 1.807) is 0 Å². The molecule has 19 heavy (non-hydrogen) atoms. The molecule has 2 nitrogen and oxygen atoms in total. The molecule has 1 unspecified atom stereocenters. The van der Waals surface area contributed by atoms with Crippen LogP contribution in [-0.2, 0) is 10.2 Å². The van der Waals surface area contributed by atoms with Crippen LogP contribution in [0.4, 0.5) is 0 Å². The minimum atomic E-state index is 0.0722. The highest BCUT2D eigenvalue weighted by molar-refractivity contribution is 9.10. The molecule has 0 amide bonds. The van der Waals surface area contributed by atoms with Gasteiger partial charge in [-0.05, 0) is 50.8 Å². The molecule has 0 spiro atoms. The van der Waals surface area contributed by atoms with Gasteiger partial charge < -0.3 is 10.1 Å². The van der Waals surface area contributed by atoms with Crippen LogP contribution >= 0.6 is 15.9 Å². The number of benzene rings is 1. The Bertz CT molecular complexity index is 450. The number of nitrogens with one attached hydrogen (secondary N) is 1. The number of halogens is 1. The van der Waals surface area contributed by atoms with Gasteiger partial charge in [0.15, 0.2) is 0 Å². The zero-order valence-corrected chi connectivity index (χ0v) is 13.3. The van der Waals surface area contributed by atoms with Crippen molar-refractivity contribution in [3.8, 4) is 0 Å². The lowest BCUT2D eigenvalue weighted by molar-refractivity contribution is -0.0318. The van der Waals surface area contributed by atoms with Crippen LogP contribution in [0.2, 0.25) is 0 Å². The zero-order valence-electron chi connectivity index (χ0n) is 11.7. The van der Waals surface area contributed by atoms with Crippen LogP contribution in [0.5, 0.6) is 0 Å². The van der Waals surface area contributed by atoms with Gasteiger partial charge in [0.05, 0.1) is 11.7 Å². The van der Waals surface area contributed by atoms with Crippen LogP contribution in [0.3, 0.4) is 0 Å². The van der Waals surface area contributed by atoms with Crippen LogP contribution in [0.1, 0.15) is 38.7 Å². The van der Waals surface area contributed by atoms with E-state index in [0.29, 0.717) is 6.10 Å². The van der Waals surface area contributed by atoms with Crippen molar-refractivity contribution < 1.29 is 4.74 Å². The molecule has 2 heterocycles. The number of hydrogen-bond acceptors (Lipinski definition) is 2. The minimum absolute atomic E-state index is 0.0722. The maximum Gasteiger partial charge on any atom is 0.0631 e. The lowest BCUT2D eigenvalue weighted by Gasteiger charge is -2.45. The van der Waals surface area contributed by atoms with Crippen LogP contribution in [0, 0.1) is 0 Å². The number of hydrogen-bond donors (Lipinski definition) is 1. The monoisotopic (exact) mass is 323 g/mol. The van der Waals surface area contributed by atoms with Crippen molar-refractivity contribution in [1.82, 2.24) is 5.32 Å². The largest absolute Gasteiger partial charge is 0.372 e. The van der Waals surface area contributed by atoms with Gasteiger partial charge in [0.2, 0.25) is 0 Å². The Labute approximate surface area is 124 Å². The van der Waals surface area contributed by atoms with Crippen molar-refractivity contribution >= 4 is 15.9 Å². The molecule has 2 saturated heterocycles. The van der Waals surface area contributed by atoms with Gasteiger partial charge in [-0.3, -0.25) is 0 Å². The van der Waals surface area contributed by atoms with Crippen molar-refractivity contribution in [3.05, 3.63) is 34.3 Å². The first-order valence-electron chi connectivity index (χ1n) is 7.14. The summed E-state index contributed by atoms with van der Waals surface area (Å²) in [5, 5.41) is 3.44. The van der Waals surface area contributed by atoms with E-state index in [4.69, 9.17) is 4.74 Å². The van der Waals surface area contributed by atoms with E-state index in [2.05, 4.69) is 59.4 Å². The summed E-state index contributed by atoms with van der Waals surface area (Å²) in [4.78, 5) is 0. The molecule has 2 aliphatic heterocycles. The molecule has 2 fully saturated rings. The fraction of sp³-hybridized carbons (Fsp3) is 0.625. The third-order valence-corrected chi connectivity index (χ3v) is 5.08. The average Bonchev–Trinajstić information content (AvgIpc) is 2.65. The van der Waals surface area contributed by atoms with Gasteiger partial charge in [-0.25, -0.2) is 0 Å². The van der Waals surface area contributed by atoms with Gasteiger partial charge in [-0.1, -0.05) is 28.1 Å². The van der Waals surface area contributed by atoms with E-state index in [0.717, 1.165) is 24.0 Å². The second kappa shape index (κ2) is 4.87. The molecule has 3 rings (SSSR count). The van der Waals surface area contributed by atoms with Crippen LogP contribution < -0.4 is 5.32 Å². The van der Waals surface area contributed by atoms with E-state index in [1.807, 2.05) is 0 Å². The Morgan fingerprint density at radius 1 is 1.26 bits per heavy atom. The maximum absolute atomic E-state index is 6.19. The second-order valence-electron chi connectivity index (χ2n) is 6.63. The molecule has 104 valence electrons. The highest BCUT2D eigenvalue weighted by atomic mass is 79.9. The summed E-state index contributed by atoms with van der Waals surface area (Å²) in [6.07, 6.45) is 3.94. The quantitative estimate of drug-likeness (QED) is 0.917. The normalized spacial score (nSPS) is 28.1. The SMILES string of the molecule is CC1(C)CCC(CC2(c3ccc(Br)cc3)CNC2)O1. The number of rotatable bonds is 3. The van der Waals surface area contributed by atoms with E-state index in [-0.39, 0.29) is 11.0 Å². The molecule has 1 N–H and O–H groups in total. The van der Waals surface area contributed by atoms with Crippen molar-refractivity contribution in [2.45, 2.75) is 50.2 Å².